The lowest BCUT2D eigenvalue weighted by Gasteiger charge is -2.29. The number of halogens is 2. The molecule has 1 aromatic rings. The molecule has 0 amide bonds. The Morgan fingerprint density at radius 1 is 1.50 bits per heavy atom. The Morgan fingerprint density at radius 2 is 2.06 bits per heavy atom. The maximum absolute atomic E-state index is 11.6. The normalized spacial score (nSPS) is 12.5. The monoisotopic (exact) mass is 337 g/mol. The fourth-order valence-electron chi connectivity index (χ4n) is 1.52. The van der Waals surface area contributed by atoms with Crippen LogP contribution in [-0.4, -0.2) is 18.2 Å². The number of benzene rings is 1. The summed E-state index contributed by atoms with van der Waals surface area (Å²) in [5.41, 5.74) is 5.99. The summed E-state index contributed by atoms with van der Waals surface area (Å²) in [6, 6.07) is 4.42. The number of aromatic hydroxyl groups is 1. The Kier molecular flexibility index (Phi) is 6.13. The molecule has 0 saturated carbocycles. The average Bonchev–Trinajstić information content (AvgIpc) is 2.30. The number of nitrogens with two attached hydrogens (primary N) is 1. The van der Waals surface area contributed by atoms with Gasteiger partial charge in [0.15, 0.2) is 0 Å². The molecule has 18 heavy (non-hydrogen) atoms. The van der Waals surface area contributed by atoms with Crippen LogP contribution in [0.3, 0.4) is 0 Å². The number of methoxy groups -OCH3 is 1. The minimum absolute atomic E-state index is 0. The third-order valence-electron chi connectivity index (χ3n) is 2.82. The zero-order valence-corrected chi connectivity index (χ0v) is 12.8. The summed E-state index contributed by atoms with van der Waals surface area (Å²) in [5.74, 6) is -0.231. The molecule has 4 nitrogen and oxygen atoms in total. The first kappa shape index (κ1) is 17.2. The summed E-state index contributed by atoms with van der Waals surface area (Å²) in [6.07, 6.45) is 0. The van der Waals surface area contributed by atoms with Crippen molar-refractivity contribution in [1.82, 2.24) is 0 Å². The van der Waals surface area contributed by atoms with E-state index in [0.717, 1.165) is 5.56 Å². The van der Waals surface area contributed by atoms with E-state index in [0.29, 0.717) is 4.47 Å². The maximum Gasteiger partial charge on any atom is 0.313 e. The van der Waals surface area contributed by atoms with Crippen LogP contribution in [0.25, 0.3) is 0 Å². The molecule has 0 spiro atoms. The molecule has 0 bridgehead atoms. The molecule has 1 atom stereocenters. The van der Waals surface area contributed by atoms with Crippen LogP contribution in [0.5, 0.6) is 5.75 Å². The molecule has 1 rings (SSSR count). The van der Waals surface area contributed by atoms with Gasteiger partial charge in [0.05, 0.1) is 17.0 Å². The van der Waals surface area contributed by atoms with Gasteiger partial charge in [-0.2, -0.15) is 0 Å². The van der Waals surface area contributed by atoms with Crippen molar-refractivity contribution >= 4 is 34.3 Å². The van der Waals surface area contributed by atoms with Crippen LogP contribution >= 0.6 is 28.3 Å². The zero-order valence-electron chi connectivity index (χ0n) is 10.4. The summed E-state index contributed by atoms with van der Waals surface area (Å²) in [7, 11) is 1.34. The van der Waals surface area contributed by atoms with Gasteiger partial charge in [-0.25, -0.2) is 0 Å². The third-order valence-corrected chi connectivity index (χ3v) is 3.46. The number of ether oxygens (including phenoxy) is 1. The Balaban J connectivity index is 0.00000289. The molecule has 0 fully saturated rings. The van der Waals surface area contributed by atoms with Gasteiger partial charge in [-0.05, 0) is 47.5 Å². The lowest BCUT2D eigenvalue weighted by molar-refractivity contribution is -0.152. The molecule has 3 N–H and O–H groups in total. The van der Waals surface area contributed by atoms with E-state index in [9.17, 15) is 9.90 Å². The van der Waals surface area contributed by atoms with Crippen molar-refractivity contribution in [3.05, 3.63) is 28.2 Å². The van der Waals surface area contributed by atoms with E-state index in [1.54, 1.807) is 26.0 Å². The molecule has 0 saturated heterocycles. The Bertz CT molecular complexity index is 437. The second-order valence-electron chi connectivity index (χ2n) is 4.40. The van der Waals surface area contributed by atoms with E-state index in [1.807, 2.05) is 0 Å². The average molecular weight is 339 g/mol. The minimum atomic E-state index is -0.828. The van der Waals surface area contributed by atoms with Crippen molar-refractivity contribution in [3.63, 3.8) is 0 Å². The molecule has 0 aromatic heterocycles. The first-order valence-corrected chi connectivity index (χ1v) is 5.92. The molecule has 0 radical (unpaired) electrons. The van der Waals surface area contributed by atoms with Gasteiger partial charge in [-0.1, -0.05) is 6.07 Å². The van der Waals surface area contributed by atoms with Gasteiger partial charge in [0.2, 0.25) is 0 Å². The number of esters is 1. The molecular formula is C12H17BrClNO3. The number of carbonyl (C=O) groups excluding carboxylic acids is 1. The summed E-state index contributed by atoms with van der Waals surface area (Å²) < 4.78 is 5.28. The van der Waals surface area contributed by atoms with Crippen molar-refractivity contribution < 1.29 is 14.6 Å². The molecule has 0 aliphatic carbocycles. The summed E-state index contributed by atoms with van der Waals surface area (Å²) in [4.78, 5) is 11.6. The van der Waals surface area contributed by atoms with Gasteiger partial charge in [0.25, 0.3) is 0 Å². The van der Waals surface area contributed by atoms with Crippen molar-refractivity contribution in [2.75, 3.05) is 7.11 Å². The van der Waals surface area contributed by atoms with Crippen molar-refractivity contribution in [3.8, 4) is 5.75 Å². The van der Waals surface area contributed by atoms with E-state index < -0.39 is 11.5 Å². The van der Waals surface area contributed by atoms with E-state index in [-0.39, 0.29) is 24.1 Å². The van der Waals surface area contributed by atoms with Crippen LogP contribution < -0.4 is 5.73 Å². The number of phenols is 1. The Morgan fingerprint density at radius 3 is 2.50 bits per heavy atom. The molecular weight excluding hydrogens is 321 g/mol. The number of phenolic OH excluding ortho intramolecular Hbond substituents is 1. The number of rotatable bonds is 3. The SMILES string of the molecule is COC(=O)C(C)(C)[C@@H](N)c1ccc(O)c(Br)c1.Cl. The fraction of sp³-hybridized carbons (Fsp3) is 0.417. The summed E-state index contributed by atoms with van der Waals surface area (Å²) in [6.45, 7) is 3.45. The largest absolute Gasteiger partial charge is 0.507 e. The van der Waals surface area contributed by atoms with Crippen molar-refractivity contribution in [1.29, 1.82) is 0 Å². The predicted molar refractivity (Wildman–Crippen MR) is 75.8 cm³/mol. The highest BCUT2D eigenvalue weighted by atomic mass is 79.9. The molecule has 0 unspecified atom stereocenters. The van der Waals surface area contributed by atoms with Crippen molar-refractivity contribution in [2.24, 2.45) is 11.1 Å². The van der Waals surface area contributed by atoms with E-state index in [1.165, 1.54) is 13.2 Å². The number of hydrogen-bond donors (Lipinski definition) is 2. The van der Waals surface area contributed by atoms with Crippen LogP contribution in [0, 0.1) is 5.41 Å². The van der Waals surface area contributed by atoms with E-state index >= 15 is 0 Å². The minimum Gasteiger partial charge on any atom is -0.507 e. The van der Waals surface area contributed by atoms with Gasteiger partial charge in [0, 0.05) is 6.04 Å². The van der Waals surface area contributed by atoms with Gasteiger partial charge in [-0.15, -0.1) is 12.4 Å². The first-order valence-electron chi connectivity index (χ1n) is 5.13. The molecule has 0 aliphatic heterocycles. The topological polar surface area (TPSA) is 72.5 Å². The molecule has 0 heterocycles. The summed E-state index contributed by atoms with van der Waals surface area (Å²) >= 11 is 3.21. The molecule has 1 aromatic carbocycles. The molecule has 0 aliphatic rings. The van der Waals surface area contributed by atoms with Crippen LogP contribution in [0.15, 0.2) is 22.7 Å². The quantitative estimate of drug-likeness (QED) is 0.831. The number of hydrogen-bond acceptors (Lipinski definition) is 4. The van der Waals surface area contributed by atoms with Crippen LogP contribution in [-0.2, 0) is 9.53 Å². The maximum atomic E-state index is 11.6. The smallest absolute Gasteiger partial charge is 0.313 e. The standard InChI is InChI=1S/C12H16BrNO3.ClH/c1-12(2,11(16)17-3)10(14)7-4-5-9(15)8(13)6-7;/h4-6,10,15H,14H2,1-3H3;1H/t10-;/m0./s1. The fourth-order valence-corrected chi connectivity index (χ4v) is 1.92. The predicted octanol–water partition coefficient (Wildman–Crippen LogP) is 2.78. The number of carbonyl (C=O) groups is 1. The van der Waals surface area contributed by atoms with Gasteiger partial charge in [0.1, 0.15) is 5.75 Å². The van der Waals surface area contributed by atoms with E-state index in [2.05, 4.69) is 15.9 Å². The van der Waals surface area contributed by atoms with E-state index in [4.69, 9.17) is 10.5 Å². The lowest BCUT2D eigenvalue weighted by atomic mass is 9.81. The highest BCUT2D eigenvalue weighted by Gasteiger charge is 2.36. The van der Waals surface area contributed by atoms with Crippen molar-refractivity contribution in [2.45, 2.75) is 19.9 Å². The third kappa shape index (κ3) is 3.37. The van der Waals surface area contributed by atoms with Gasteiger partial charge in [-0.3, -0.25) is 4.79 Å². The Labute approximate surface area is 121 Å². The highest BCUT2D eigenvalue weighted by Crippen LogP contribution is 2.35. The second kappa shape index (κ2) is 6.41. The van der Waals surface area contributed by atoms with Crippen LogP contribution in [0.1, 0.15) is 25.5 Å². The van der Waals surface area contributed by atoms with Gasteiger partial charge < -0.3 is 15.6 Å². The zero-order chi connectivity index (χ0) is 13.2. The first-order chi connectivity index (χ1) is 7.80. The van der Waals surface area contributed by atoms with Gasteiger partial charge >= 0.3 is 5.97 Å². The molecule has 102 valence electrons. The molecule has 6 heteroatoms. The highest BCUT2D eigenvalue weighted by molar-refractivity contribution is 9.10. The van der Waals surface area contributed by atoms with Crippen LogP contribution in [0.2, 0.25) is 0 Å². The Hall–Kier alpha value is -0.780. The second-order valence-corrected chi connectivity index (χ2v) is 5.26. The lowest BCUT2D eigenvalue weighted by Crippen LogP contribution is -2.37. The van der Waals surface area contributed by atoms with Crippen LogP contribution in [0.4, 0.5) is 0 Å². The summed E-state index contributed by atoms with van der Waals surface area (Å²) in [5, 5.41) is 9.40.